The second kappa shape index (κ2) is 7.88. The summed E-state index contributed by atoms with van der Waals surface area (Å²) in [7, 11) is 0. The third-order valence-electron chi connectivity index (χ3n) is 6.34. The zero-order valence-corrected chi connectivity index (χ0v) is 14.8. The third kappa shape index (κ3) is 3.78. The summed E-state index contributed by atoms with van der Waals surface area (Å²) in [5.41, 5.74) is 2.34. The summed E-state index contributed by atoms with van der Waals surface area (Å²) in [4.78, 5) is 0. The van der Waals surface area contributed by atoms with Gasteiger partial charge in [0.25, 0.3) is 0 Å². The average molecular weight is 332 g/mol. The molecule has 24 heavy (non-hydrogen) atoms. The molecule has 1 saturated carbocycles. The Morgan fingerprint density at radius 3 is 2.79 bits per heavy atom. The number of unbranched alkanes of at least 4 members (excludes halogenated alkanes) is 2. The van der Waals surface area contributed by atoms with Gasteiger partial charge in [0.05, 0.1) is 12.2 Å². The van der Waals surface area contributed by atoms with Crippen LogP contribution in [0, 0.1) is 17.8 Å². The first-order valence-electron chi connectivity index (χ1n) is 9.76. The first-order chi connectivity index (χ1) is 11.6. The van der Waals surface area contributed by atoms with Gasteiger partial charge in [0.15, 0.2) is 0 Å². The zero-order chi connectivity index (χ0) is 17.1. The zero-order valence-electron chi connectivity index (χ0n) is 14.8. The van der Waals surface area contributed by atoms with Crippen LogP contribution in [0.1, 0.15) is 63.0 Å². The lowest BCUT2D eigenvalue weighted by atomic mass is 9.73. The van der Waals surface area contributed by atoms with E-state index in [4.69, 9.17) is 0 Å². The number of hydrogen-bond acceptors (Lipinski definition) is 3. The molecule has 0 aliphatic heterocycles. The number of phenols is 1. The molecule has 5 atom stereocenters. The van der Waals surface area contributed by atoms with Gasteiger partial charge in [-0.3, -0.25) is 0 Å². The third-order valence-corrected chi connectivity index (χ3v) is 6.34. The number of phenolic OH excluding ortho intramolecular Hbond substituents is 1. The van der Waals surface area contributed by atoms with Crippen LogP contribution in [-0.4, -0.2) is 27.5 Å². The maximum atomic E-state index is 10.6. The van der Waals surface area contributed by atoms with Crippen LogP contribution in [0.5, 0.6) is 5.75 Å². The van der Waals surface area contributed by atoms with Crippen molar-refractivity contribution >= 4 is 0 Å². The molecule has 0 radical (unpaired) electrons. The Bertz CT molecular complexity index is 542. The molecule has 4 unspecified atom stereocenters. The molecule has 134 valence electrons. The molecule has 3 rings (SSSR count). The fourth-order valence-electron chi connectivity index (χ4n) is 4.98. The molecule has 0 bridgehead atoms. The first kappa shape index (κ1) is 17.8. The van der Waals surface area contributed by atoms with E-state index in [0.717, 1.165) is 50.5 Å². The summed E-state index contributed by atoms with van der Waals surface area (Å²) in [6.45, 7) is 2.18. The quantitative estimate of drug-likeness (QED) is 0.665. The summed E-state index contributed by atoms with van der Waals surface area (Å²) in [5.74, 6) is 1.68. The average Bonchev–Trinajstić information content (AvgIpc) is 2.86. The molecule has 2 aliphatic carbocycles. The van der Waals surface area contributed by atoms with Gasteiger partial charge in [-0.25, -0.2) is 0 Å². The van der Waals surface area contributed by atoms with Crippen molar-refractivity contribution in [2.24, 2.45) is 17.8 Å². The highest BCUT2D eigenvalue weighted by atomic mass is 16.3. The Balaban J connectivity index is 1.59. The molecular formula is C21H32O3. The van der Waals surface area contributed by atoms with E-state index >= 15 is 0 Å². The van der Waals surface area contributed by atoms with Gasteiger partial charge in [-0.05, 0) is 73.5 Å². The van der Waals surface area contributed by atoms with E-state index in [1.807, 2.05) is 6.07 Å². The van der Waals surface area contributed by atoms with Crippen LogP contribution in [0.2, 0.25) is 0 Å². The Kier molecular flexibility index (Phi) is 5.83. The van der Waals surface area contributed by atoms with Crippen molar-refractivity contribution in [3.63, 3.8) is 0 Å². The van der Waals surface area contributed by atoms with Crippen LogP contribution in [0.4, 0.5) is 0 Å². The molecule has 0 spiro atoms. The number of benzene rings is 1. The van der Waals surface area contributed by atoms with E-state index in [1.165, 1.54) is 18.4 Å². The fraction of sp³-hybridized carbons (Fsp3) is 0.714. The highest BCUT2D eigenvalue weighted by Crippen LogP contribution is 2.48. The van der Waals surface area contributed by atoms with Crippen molar-refractivity contribution in [1.82, 2.24) is 0 Å². The number of hydrogen-bond donors (Lipinski definition) is 3. The second-order valence-corrected chi connectivity index (χ2v) is 7.94. The number of rotatable bonds is 7. The largest absolute Gasteiger partial charge is 0.508 e. The molecule has 0 heterocycles. The van der Waals surface area contributed by atoms with Crippen LogP contribution in [0.15, 0.2) is 18.2 Å². The van der Waals surface area contributed by atoms with E-state index in [-0.39, 0.29) is 12.2 Å². The van der Waals surface area contributed by atoms with Crippen LogP contribution in [-0.2, 0) is 12.8 Å². The first-order valence-corrected chi connectivity index (χ1v) is 9.76. The van der Waals surface area contributed by atoms with Crippen LogP contribution in [0.3, 0.4) is 0 Å². The van der Waals surface area contributed by atoms with Crippen LogP contribution in [0.25, 0.3) is 0 Å². The van der Waals surface area contributed by atoms with Gasteiger partial charge in [-0.2, -0.15) is 0 Å². The monoisotopic (exact) mass is 332 g/mol. The van der Waals surface area contributed by atoms with E-state index in [0.29, 0.717) is 23.5 Å². The minimum atomic E-state index is -0.251. The SMILES string of the molecule is CCCCCC(O)CCC1C(O)CC2Cc3c(O)cccc3C[C@@H]21. The van der Waals surface area contributed by atoms with E-state index < -0.39 is 0 Å². The summed E-state index contributed by atoms with van der Waals surface area (Å²) in [5, 5.41) is 30.8. The highest BCUT2D eigenvalue weighted by Gasteiger charge is 2.44. The van der Waals surface area contributed by atoms with Gasteiger partial charge in [0, 0.05) is 0 Å². The van der Waals surface area contributed by atoms with Gasteiger partial charge in [0.1, 0.15) is 5.75 Å². The number of aromatic hydroxyl groups is 1. The predicted molar refractivity (Wildman–Crippen MR) is 96.0 cm³/mol. The lowest BCUT2D eigenvalue weighted by Gasteiger charge is -2.32. The molecule has 0 aromatic heterocycles. The smallest absolute Gasteiger partial charge is 0.119 e. The van der Waals surface area contributed by atoms with E-state index in [2.05, 4.69) is 13.0 Å². The summed E-state index contributed by atoms with van der Waals surface area (Å²) < 4.78 is 0. The molecule has 3 N–H and O–H groups in total. The summed E-state index contributed by atoms with van der Waals surface area (Å²) >= 11 is 0. The lowest BCUT2D eigenvalue weighted by molar-refractivity contribution is 0.0869. The normalized spacial score (nSPS) is 30.0. The summed E-state index contributed by atoms with van der Waals surface area (Å²) in [6, 6.07) is 5.81. The standard InChI is InChI=1S/C21H32O3/c1-2-3-4-7-16(22)9-10-17-18-11-14-6-5-8-20(23)19(14)12-15(18)13-21(17)24/h5-6,8,15-18,21-24H,2-4,7,9-13H2,1H3/t15?,16?,17?,18-,21?/m0/s1. The van der Waals surface area contributed by atoms with Crippen LogP contribution >= 0.6 is 0 Å². The second-order valence-electron chi connectivity index (χ2n) is 7.94. The molecule has 1 fully saturated rings. The molecule has 0 amide bonds. The Morgan fingerprint density at radius 1 is 1.17 bits per heavy atom. The molecule has 3 heteroatoms. The van der Waals surface area contributed by atoms with Crippen molar-refractivity contribution in [3.8, 4) is 5.75 Å². The van der Waals surface area contributed by atoms with Gasteiger partial charge in [-0.15, -0.1) is 0 Å². The van der Waals surface area contributed by atoms with Crippen molar-refractivity contribution < 1.29 is 15.3 Å². The number of aliphatic hydroxyl groups excluding tert-OH is 2. The minimum Gasteiger partial charge on any atom is -0.508 e. The minimum absolute atomic E-state index is 0.220. The van der Waals surface area contributed by atoms with Crippen LogP contribution < -0.4 is 0 Å². The Morgan fingerprint density at radius 2 is 2.00 bits per heavy atom. The van der Waals surface area contributed by atoms with E-state index in [1.54, 1.807) is 6.07 Å². The molecule has 1 aromatic carbocycles. The molecule has 2 aliphatic rings. The maximum absolute atomic E-state index is 10.6. The Hall–Kier alpha value is -1.06. The maximum Gasteiger partial charge on any atom is 0.119 e. The van der Waals surface area contributed by atoms with Crippen molar-refractivity contribution in [3.05, 3.63) is 29.3 Å². The number of fused-ring (bicyclic) bond motifs is 2. The molecule has 0 saturated heterocycles. The van der Waals surface area contributed by atoms with Crippen molar-refractivity contribution in [2.45, 2.75) is 76.9 Å². The highest BCUT2D eigenvalue weighted by molar-refractivity contribution is 5.42. The van der Waals surface area contributed by atoms with Gasteiger partial charge in [-0.1, -0.05) is 38.3 Å². The molecule has 3 nitrogen and oxygen atoms in total. The summed E-state index contributed by atoms with van der Waals surface area (Å²) in [6.07, 6.45) is 8.31. The van der Waals surface area contributed by atoms with Crippen molar-refractivity contribution in [2.75, 3.05) is 0 Å². The Labute approximate surface area is 145 Å². The van der Waals surface area contributed by atoms with Gasteiger partial charge in [0.2, 0.25) is 0 Å². The van der Waals surface area contributed by atoms with Gasteiger partial charge < -0.3 is 15.3 Å². The fourth-order valence-corrected chi connectivity index (χ4v) is 4.98. The topological polar surface area (TPSA) is 60.7 Å². The van der Waals surface area contributed by atoms with Gasteiger partial charge >= 0.3 is 0 Å². The molecule has 1 aromatic rings. The lowest BCUT2D eigenvalue weighted by Crippen LogP contribution is -2.27. The predicted octanol–water partition coefficient (Wildman–Crippen LogP) is 3.83. The number of aliphatic hydroxyl groups is 2. The van der Waals surface area contributed by atoms with E-state index in [9.17, 15) is 15.3 Å². The van der Waals surface area contributed by atoms with Crippen molar-refractivity contribution in [1.29, 1.82) is 0 Å². The molecular weight excluding hydrogens is 300 g/mol.